The van der Waals surface area contributed by atoms with E-state index in [0.29, 0.717) is 12.1 Å². The Labute approximate surface area is 86.7 Å². The maximum Gasteiger partial charge on any atom is 0.418 e. The minimum atomic E-state index is -0.478. The normalized spacial score (nSPS) is 10.5. The van der Waals surface area contributed by atoms with Gasteiger partial charge in [-0.05, 0) is 19.1 Å². The number of nitrogens with zero attached hydrogens (tertiary/aromatic N) is 1. The number of hydrogen-bond donors (Lipinski definition) is 1. The molecule has 2 aromatic rings. The number of rotatable bonds is 1. The molecule has 1 N–H and O–H groups in total. The van der Waals surface area contributed by atoms with Crippen LogP contribution in [0.4, 0.5) is 4.79 Å². The fraction of sp³-hybridized carbons (Fsp3) is 0.182. The topological polar surface area (TPSA) is 51.5 Å². The first-order valence-electron chi connectivity index (χ1n) is 4.70. The van der Waals surface area contributed by atoms with Crippen molar-refractivity contribution in [2.75, 3.05) is 6.61 Å². The maximum absolute atomic E-state index is 11.5. The number of para-hydroxylation sites is 1. The molecule has 1 heterocycles. The second-order valence-electron chi connectivity index (χ2n) is 3.10. The SMILES string of the molecule is CCOC(=O)n1ccc2cccc(O)c21. The number of fused-ring (bicyclic) bond motifs is 1. The molecular formula is C11H11NO3. The highest BCUT2D eigenvalue weighted by molar-refractivity contribution is 5.93. The number of phenolic OH excluding ortho intramolecular Hbond substituents is 1. The number of ether oxygens (including phenoxy) is 1. The molecule has 0 fully saturated rings. The standard InChI is InChI=1S/C11H11NO3/c1-2-15-11(14)12-7-6-8-4-3-5-9(13)10(8)12/h3-7,13H,2H2,1H3. The van der Waals surface area contributed by atoms with Gasteiger partial charge >= 0.3 is 6.09 Å². The van der Waals surface area contributed by atoms with Crippen LogP contribution in [0.2, 0.25) is 0 Å². The van der Waals surface area contributed by atoms with Crippen LogP contribution in [-0.2, 0) is 4.74 Å². The van der Waals surface area contributed by atoms with Crippen LogP contribution in [0.3, 0.4) is 0 Å². The van der Waals surface area contributed by atoms with Crippen LogP contribution in [0.15, 0.2) is 30.5 Å². The molecule has 0 radical (unpaired) electrons. The number of aromatic hydroxyl groups is 1. The van der Waals surface area contributed by atoms with Gasteiger partial charge in [0.25, 0.3) is 0 Å². The number of aromatic nitrogens is 1. The molecule has 15 heavy (non-hydrogen) atoms. The molecular weight excluding hydrogens is 194 g/mol. The lowest BCUT2D eigenvalue weighted by molar-refractivity contribution is 0.155. The minimum Gasteiger partial charge on any atom is -0.506 e. The number of phenols is 1. The zero-order chi connectivity index (χ0) is 10.8. The van der Waals surface area contributed by atoms with Crippen LogP contribution >= 0.6 is 0 Å². The minimum absolute atomic E-state index is 0.0746. The Kier molecular flexibility index (Phi) is 2.33. The highest BCUT2D eigenvalue weighted by atomic mass is 16.5. The van der Waals surface area contributed by atoms with E-state index in [9.17, 15) is 9.90 Å². The Morgan fingerprint density at radius 2 is 2.27 bits per heavy atom. The summed E-state index contributed by atoms with van der Waals surface area (Å²) in [5, 5.41) is 10.4. The van der Waals surface area contributed by atoms with E-state index in [1.54, 1.807) is 25.3 Å². The first-order valence-corrected chi connectivity index (χ1v) is 4.70. The lowest BCUT2D eigenvalue weighted by Crippen LogP contribution is -2.11. The highest BCUT2D eigenvalue weighted by Crippen LogP contribution is 2.25. The van der Waals surface area contributed by atoms with E-state index in [1.165, 1.54) is 10.6 Å². The van der Waals surface area contributed by atoms with Gasteiger partial charge in [0.05, 0.1) is 6.61 Å². The highest BCUT2D eigenvalue weighted by Gasteiger charge is 2.11. The van der Waals surface area contributed by atoms with E-state index >= 15 is 0 Å². The Balaban J connectivity index is 2.57. The first kappa shape index (κ1) is 9.58. The number of hydrogen-bond acceptors (Lipinski definition) is 3. The lowest BCUT2D eigenvalue weighted by atomic mass is 10.2. The third-order valence-corrected chi connectivity index (χ3v) is 2.15. The van der Waals surface area contributed by atoms with Crippen molar-refractivity contribution in [3.63, 3.8) is 0 Å². The van der Waals surface area contributed by atoms with Gasteiger partial charge in [-0.25, -0.2) is 9.36 Å². The smallest absolute Gasteiger partial charge is 0.418 e. The van der Waals surface area contributed by atoms with E-state index in [4.69, 9.17) is 4.74 Å². The molecule has 4 nitrogen and oxygen atoms in total. The Morgan fingerprint density at radius 1 is 1.47 bits per heavy atom. The quantitative estimate of drug-likeness (QED) is 0.777. The van der Waals surface area contributed by atoms with Crippen molar-refractivity contribution in [3.8, 4) is 5.75 Å². The van der Waals surface area contributed by atoms with Gasteiger partial charge in [0.1, 0.15) is 11.3 Å². The summed E-state index contributed by atoms with van der Waals surface area (Å²) in [7, 11) is 0. The second-order valence-corrected chi connectivity index (χ2v) is 3.10. The lowest BCUT2D eigenvalue weighted by Gasteiger charge is -2.04. The average molecular weight is 205 g/mol. The molecule has 0 unspecified atom stereocenters. The van der Waals surface area contributed by atoms with Gasteiger partial charge in [0.2, 0.25) is 0 Å². The summed E-state index contributed by atoms with van der Waals surface area (Å²) in [4.78, 5) is 11.5. The van der Waals surface area contributed by atoms with E-state index in [-0.39, 0.29) is 5.75 Å². The first-order chi connectivity index (χ1) is 7.24. The van der Waals surface area contributed by atoms with Gasteiger partial charge in [-0.2, -0.15) is 0 Å². The van der Waals surface area contributed by atoms with Gasteiger partial charge < -0.3 is 9.84 Å². The molecule has 0 aliphatic heterocycles. The Bertz CT molecular complexity index is 502. The van der Waals surface area contributed by atoms with Crippen LogP contribution in [0.1, 0.15) is 6.92 Å². The Morgan fingerprint density at radius 3 is 3.00 bits per heavy atom. The predicted molar refractivity (Wildman–Crippen MR) is 56.0 cm³/mol. The molecule has 0 saturated carbocycles. The molecule has 0 atom stereocenters. The molecule has 78 valence electrons. The van der Waals surface area contributed by atoms with Crippen LogP contribution < -0.4 is 0 Å². The van der Waals surface area contributed by atoms with Gasteiger partial charge in [0.15, 0.2) is 0 Å². The second kappa shape index (κ2) is 3.65. The molecule has 2 rings (SSSR count). The third-order valence-electron chi connectivity index (χ3n) is 2.15. The molecule has 4 heteroatoms. The average Bonchev–Trinajstić information content (AvgIpc) is 2.63. The van der Waals surface area contributed by atoms with Gasteiger partial charge in [-0.15, -0.1) is 0 Å². The summed E-state index contributed by atoms with van der Waals surface area (Å²) < 4.78 is 6.16. The molecule has 0 saturated heterocycles. The molecule has 0 spiro atoms. The number of carbonyl (C=O) groups excluding carboxylic acids is 1. The monoisotopic (exact) mass is 205 g/mol. The summed E-state index contributed by atoms with van der Waals surface area (Å²) in [6.45, 7) is 2.05. The fourth-order valence-corrected chi connectivity index (χ4v) is 1.52. The van der Waals surface area contributed by atoms with Crippen molar-refractivity contribution in [2.45, 2.75) is 6.92 Å². The maximum atomic E-state index is 11.5. The third kappa shape index (κ3) is 1.54. The zero-order valence-electron chi connectivity index (χ0n) is 8.30. The fourth-order valence-electron chi connectivity index (χ4n) is 1.52. The van der Waals surface area contributed by atoms with E-state index in [2.05, 4.69) is 0 Å². The summed E-state index contributed by atoms with van der Waals surface area (Å²) in [5.74, 6) is 0.0746. The summed E-state index contributed by atoms with van der Waals surface area (Å²) in [6, 6.07) is 6.85. The molecule has 0 bridgehead atoms. The molecule has 1 aromatic heterocycles. The van der Waals surface area contributed by atoms with E-state index in [1.807, 2.05) is 6.07 Å². The van der Waals surface area contributed by atoms with E-state index < -0.39 is 6.09 Å². The van der Waals surface area contributed by atoms with Crippen LogP contribution in [0.5, 0.6) is 5.75 Å². The van der Waals surface area contributed by atoms with Gasteiger partial charge in [-0.3, -0.25) is 0 Å². The Hall–Kier alpha value is -1.97. The number of benzene rings is 1. The van der Waals surface area contributed by atoms with Gasteiger partial charge in [-0.1, -0.05) is 12.1 Å². The summed E-state index contributed by atoms with van der Waals surface area (Å²) in [5.41, 5.74) is 0.482. The molecule has 1 aromatic carbocycles. The molecule has 0 amide bonds. The summed E-state index contributed by atoms with van der Waals surface area (Å²) >= 11 is 0. The van der Waals surface area contributed by atoms with Crippen molar-refractivity contribution in [3.05, 3.63) is 30.5 Å². The van der Waals surface area contributed by atoms with Gasteiger partial charge in [0, 0.05) is 11.6 Å². The van der Waals surface area contributed by atoms with Crippen molar-refractivity contribution >= 4 is 17.0 Å². The zero-order valence-corrected chi connectivity index (χ0v) is 8.30. The van der Waals surface area contributed by atoms with Crippen molar-refractivity contribution in [1.29, 1.82) is 0 Å². The van der Waals surface area contributed by atoms with Crippen LogP contribution in [0, 0.1) is 0 Å². The largest absolute Gasteiger partial charge is 0.506 e. The van der Waals surface area contributed by atoms with Crippen molar-refractivity contribution < 1.29 is 14.6 Å². The van der Waals surface area contributed by atoms with Crippen LogP contribution in [0.25, 0.3) is 10.9 Å². The molecule has 0 aliphatic rings. The molecule has 0 aliphatic carbocycles. The van der Waals surface area contributed by atoms with E-state index in [0.717, 1.165) is 5.39 Å². The number of carbonyl (C=O) groups is 1. The van der Waals surface area contributed by atoms with Crippen molar-refractivity contribution in [2.24, 2.45) is 0 Å². The van der Waals surface area contributed by atoms with Crippen LogP contribution in [-0.4, -0.2) is 22.4 Å². The predicted octanol–water partition coefficient (Wildman–Crippen LogP) is 2.35. The summed E-state index contributed by atoms with van der Waals surface area (Å²) in [6.07, 6.45) is 1.11. The van der Waals surface area contributed by atoms with Crippen molar-refractivity contribution in [1.82, 2.24) is 4.57 Å².